The maximum absolute atomic E-state index is 12.4. The second-order valence-corrected chi connectivity index (χ2v) is 7.17. The van der Waals surface area contributed by atoms with Gasteiger partial charge in [-0.05, 0) is 26.3 Å². The minimum absolute atomic E-state index is 0.0877. The van der Waals surface area contributed by atoms with Crippen LogP contribution >= 0.6 is 25.3 Å². The summed E-state index contributed by atoms with van der Waals surface area (Å²) in [5.74, 6) is -3.82. The third-order valence-electron chi connectivity index (χ3n) is 3.98. The van der Waals surface area contributed by atoms with Crippen molar-refractivity contribution in [1.82, 2.24) is 16.0 Å². The number of hydrogen-bond donors (Lipinski definition) is 9. The molecule has 0 aromatic carbocycles. The van der Waals surface area contributed by atoms with Gasteiger partial charge in [0, 0.05) is 11.5 Å². The lowest BCUT2D eigenvalue weighted by Gasteiger charge is -2.25. The van der Waals surface area contributed by atoms with Crippen molar-refractivity contribution in [3.05, 3.63) is 0 Å². The molecule has 0 bridgehead atoms. The van der Waals surface area contributed by atoms with Gasteiger partial charge in [0.05, 0.1) is 12.1 Å². The predicted octanol–water partition coefficient (Wildman–Crippen LogP) is -2.78. The fourth-order valence-corrected chi connectivity index (χ4v) is 2.72. The summed E-state index contributed by atoms with van der Waals surface area (Å²) < 4.78 is 0. The fourth-order valence-electron chi connectivity index (χ4n) is 2.22. The van der Waals surface area contributed by atoms with E-state index in [-0.39, 0.29) is 11.5 Å². The Labute approximate surface area is 180 Å². The van der Waals surface area contributed by atoms with Crippen molar-refractivity contribution in [2.24, 2.45) is 11.5 Å². The second kappa shape index (κ2) is 14.4. The van der Waals surface area contributed by atoms with Gasteiger partial charge in [0.25, 0.3) is 0 Å². The third kappa shape index (κ3) is 10.2. The number of carboxylic acids is 1. The molecule has 0 aliphatic rings. The number of rotatable bonds is 14. The zero-order valence-corrected chi connectivity index (χ0v) is 18.0. The molecule has 29 heavy (non-hydrogen) atoms. The Hall–Kier alpha value is -1.54. The van der Waals surface area contributed by atoms with E-state index in [9.17, 15) is 24.3 Å². The standard InChI is InChI=1S/C16H31N5O6S2/c1-8(22)12(15(25)20-11(7-29)16(26)27)21-14(24)10(6-28)19-13(23)9(18)4-2-3-5-17/h8-12,22,28-29H,2-7,17-18H2,1H3,(H,19,23)(H,20,25)(H,21,24)(H,26,27). The number of amides is 3. The zero-order chi connectivity index (χ0) is 22.6. The number of carboxylic acid groups (broad SMARTS) is 1. The summed E-state index contributed by atoms with van der Waals surface area (Å²) in [6, 6.07) is -4.68. The molecule has 0 aliphatic carbocycles. The summed E-state index contributed by atoms with van der Waals surface area (Å²) in [5.41, 5.74) is 11.2. The van der Waals surface area contributed by atoms with Gasteiger partial charge < -0.3 is 37.6 Å². The Morgan fingerprint density at radius 3 is 1.93 bits per heavy atom. The molecule has 0 aliphatic heterocycles. The van der Waals surface area contributed by atoms with E-state index < -0.39 is 54.0 Å². The van der Waals surface area contributed by atoms with Crippen molar-refractivity contribution in [2.45, 2.75) is 56.5 Å². The van der Waals surface area contributed by atoms with E-state index in [0.29, 0.717) is 25.8 Å². The number of nitrogens with two attached hydrogens (primary N) is 2. The summed E-state index contributed by atoms with van der Waals surface area (Å²) in [6.07, 6.45) is 0.432. The average molecular weight is 454 g/mol. The molecule has 0 saturated carbocycles. The molecule has 168 valence electrons. The monoisotopic (exact) mass is 453 g/mol. The molecule has 0 aromatic rings. The molecule has 13 heteroatoms. The van der Waals surface area contributed by atoms with Crippen LogP contribution in [0.15, 0.2) is 0 Å². The van der Waals surface area contributed by atoms with Crippen LogP contribution in [0.3, 0.4) is 0 Å². The van der Waals surface area contributed by atoms with Crippen molar-refractivity contribution in [2.75, 3.05) is 18.1 Å². The van der Waals surface area contributed by atoms with Crippen LogP contribution in [-0.2, 0) is 19.2 Å². The van der Waals surface area contributed by atoms with Crippen molar-refractivity contribution in [3.63, 3.8) is 0 Å². The zero-order valence-electron chi connectivity index (χ0n) is 16.2. The molecular weight excluding hydrogens is 422 g/mol. The molecule has 3 amide bonds. The number of nitrogens with one attached hydrogen (secondary N) is 3. The summed E-state index contributed by atoms with van der Waals surface area (Å²) >= 11 is 7.86. The van der Waals surface area contributed by atoms with Crippen LogP contribution in [0.2, 0.25) is 0 Å². The van der Waals surface area contributed by atoms with Crippen molar-refractivity contribution < 1.29 is 29.4 Å². The number of thiol groups is 2. The molecule has 11 nitrogen and oxygen atoms in total. The van der Waals surface area contributed by atoms with E-state index in [1.807, 2.05) is 0 Å². The van der Waals surface area contributed by atoms with Crippen molar-refractivity contribution >= 4 is 48.9 Å². The normalized spacial score (nSPS) is 16.1. The van der Waals surface area contributed by atoms with Crippen LogP contribution in [0.4, 0.5) is 0 Å². The molecular formula is C16H31N5O6S2. The predicted molar refractivity (Wildman–Crippen MR) is 114 cm³/mol. The van der Waals surface area contributed by atoms with Gasteiger partial charge in [0.2, 0.25) is 17.7 Å². The molecule has 0 spiro atoms. The van der Waals surface area contributed by atoms with E-state index in [2.05, 4.69) is 41.2 Å². The first-order chi connectivity index (χ1) is 13.6. The smallest absolute Gasteiger partial charge is 0.327 e. The van der Waals surface area contributed by atoms with E-state index >= 15 is 0 Å². The number of carbonyl (C=O) groups is 4. The molecule has 0 fully saturated rings. The Balaban J connectivity index is 4.98. The SMILES string of the molecule is CC(O)C(NC(=O)C(CS)NC(=O)C(N)CCCCN)C(=O)NC(CS)C(=O)O. The van der Waals surface area contributed by atoms with Crippen LogP contribution in [-0.4, -0.2) is 82.2 Å². The van der Waals surface area contributed by atoms with Crippen molar-refractivity contribution in [1.29, 1.82) is 0 Å². The van der Waals surface area contributed by atoms with Crippen LogP contribution in [0.1, 0.15) is 26.2 Å². The lowest BCUT2D eigenvalue weighted by Crippen LogP contribution is -2.60. The Morgan fingerprint density at radius 1 is 0.931 bits per heavy atom. The Kier molecular flexibility index (Phi) is 13.7. The van der Waals surface area contributed by atoms with Gasteiger partial charge in [0.15, 0.2) is 0 Å². The average Bonchev–Trinajstić information content (AvgIpc) is 2.67. The van der Waals surface area contributed by atoms with Gasteiger partial charge in [0.1, 0.15) is 18.1 Å². The highest BCUT2D eigenvalue weighted by atomic mass is 32.1. The van der Waals surface area contributed by atoms with Crippen LogP contribution in [0, 0.1) is 0 Å². The number of aliphatic carboxylic acids is 1. The van der Waals surface area contributed by atoms with Gasteiger partial charge >= 0.3 is 5.97 Å². The lowest BCUT2D eigenvalue weighted by atomic mass is 10.1. The minimum atomic E-state index is -1.44. The highest BCUT2D eigenvalue weighted by molar-refractivity contribution is 7.80. The van der Waals surface area contributed by atoms with E-state index in [0.717, 1.165) is 0 Å². The first-order valence-electron chi connectivity index (χ1n) is 9.08. The fraction of sp³-hybridized carbons (Fsp3) is 0.750. The molecule has 0 heterocycles. The number of aliphatic hydroxyl groups excluding tert-OH is 1. The van der Waals surface area contributed by atoms with Gasteiger partial charge in [-0.3, -0.25) is 14.4 Å². The summed E-state index contributed by atoms with van der Waals surface area (Å²) in [5, 5.41) is 25.7. The maximum atomic E-state index is 12.4. The van der Waals surface area contributed by atoms with E-state index in [4.69, 9.17) is 16.6 Å². The minimum Gasteiger partial charge on any atom is -0.480 e. The van der Waals surface area contributed by atoms with Gasteiger partial charge in [-0.25, -0.2) is 4.79 Å². The number of hydrogen-bond acceptors (Lipinski definition) is 9. The second-order valence-electron chi connectivity index (χ2n) is 6.44. The lowest BCUT2D eigenvalue weighted by molar-refractivity contribution is -0.142. The number of carbonyl (C=O) groups excluding carboxylic acids is 3. The summed E-state index contributed by atoms with van der Waals surface area (Å²) in [6.45, 7) is 1.73. The molecule has 0 saturated heterocycles. The van der Waals surface area contributed by atoms with Crippen LogP contribution in [0.5, 0.6) is 0 Å². The molecule has 0 aromatic heterocycles. The largest absolute Gasteiger partial charge is 0.480 e. The highest BCUT2D eigenvalue weighted by Crippen LogP contribution is 2.02. The molecule has 0 radical (unpaired) electrons. The van der Waals surface area contributed by atoms with Crippen LogP contribution in [0.25, 0.3) is 0 Å². The van der Waals surface area contributed by atoms with Gasteiger partial charge in [-0.1, -0.05) is 6.42 Å². The molecule has 0 rings (SSSR count). The number of aliphatic hydroxyl groups is 1. The highest BCUT2D eigenvalue weighted by Gasteiger charge is 2.32. The topological polar surface area (TPSA) is 197 Å². The quantitative estimate of drug-likeness (QED) is 0.0994. The maximum Gasteiger partial charge on any atom is 0.327 e. The Morgan fingerprint density at radius 2 is 1.48 bits per heavy atom. The van der Waals surface area contributed by atoms with Gasteiger partial charge in [-0.15, -0.1) is 0 Å². The third-order valence-corrected chi connectivity index (χ3v) is 4.71. The van der Waals surface area contributed by atoms with Gasteiger partial charge in [-0.2, -0.15) is 25.3 Å². The van der Waals surface area contributed by atoms with Crippen LogP contribution < -0.4 is 27.4 Å². The number of unbranched alkanes of at least 4 members (excludes halogenated alkanes) is 1. The summed E-state index contributed by atoms with van der Waals surface area (Å²) in [7, 11) is 0. The van der Waals surface area contributed by atoms with E-state index in [1.54, 1.807) is 0 Å². The first-order valence-corrected chi connectivity index (χ1v) is 10.3. The first kappa shape index (κ1) is 27.5. The van der Waals surface area contributed by atoms with Crippen molar-refractivity contribution in [3.8, 4) is 0 Å². The van der Waals surface area contributed by atoms with E-state index in [1.165, 1.54) is 6.92 Å². The summed E-state index contributed by atoms with van der Waals surface area (Å²) in [4.78, 5) is 47.9. The molecule has 9 N–H and O–H groups in total. The molecule has 5 atom stereocenters. The Bertz CT molecular complexity index is 566. The molecule has 5 unspecified atom stereocenters.